The molecule has 72 valence electrons. The number of rotatable bonds is 3. The Hall–Kier alpha value is -1.02. The average Bonchev–Trinajstić information content (AvgIpc) is 2.18. The van der Waals surface area contributed by atoms with Crippen LogP contribution in [0.25, 0.3) is 0 Å². The van der Waals surface area contributed by atoms with Gasteiger partial charge in [-0.1, -0.05) is 25.1 Å². The van der Waals surface area contributed by atoms with Crippen LogP contribution < -0.4 is 4.74 Å². The second-order valence-electron chi connectivity index (χ2n) is 3.33. The highest BCUT2D eigenvalue weighted by atomic mass is 16.5. The Morgan fingerprint density at radius 2 is 2.00 bits per heavy atom. The van der Waals surface area contributed by atoms with Crippen molar-refractivity contribution in [3.63, 3.8) is 0 Å². The molecule has 1 aromatic carbocycles. The van der Waals surface area contributed by atoms with Crippen molar-refractivity contribution >= 4 is 0 Å². The molecule has 0 spiro atoms. The third-order valence-electron chi connectivity index (χ3n) is 2.38. The van der Waals surface area contributed by atoms with Crippen molar-refractivity contribution < 1.29 is 9.84 Å². The molecule has 1 N–H and O–H groups in total. The van der Waals surface area contributed by atoms with Crippen molar-refractivity contribution in [3.05, 3.63) is 29.8 Å². The topological polar surface area (TPSA) is 29.5 Å². The summed E-state index contributed by atoms with van der Waals surface area (Å²) in [6.07, 6.45) is 0.674. The fraction of sp³-hybridized carbons (Fsp3) is 0.455. The van der Waals surface area contributed by atoms with Gasteiger partial charge in [0.05, 0.1) is 12.7 Å². The Morgan fingerprint density at radius 3 is 2.54 bits per heavy atom. The quantitative estimate of drug-likeness (QED) is 0.773. The van der Waals surface area contributed by atoms with Gasteiger partial charge < -0.3 is 9.84 Å². The number of hydrogen-bond donors (Lipinski definition) is 1. The first-order valence-electron chi connectivity index (χ1n) is 4.47. The fourth-order valence-corrected chi connectivity index (χ4v) is 1.28. The molecule has 0 saturated heterocycles. The lowest BCUT2D eigenvalue weighted by Crippen LogP contribution is -2.20. The number of aliphatic hydroxyl groups is 1. The van der Waals surface area contributed by atoms with E-state index in [2.05, 4.69) is 0 Å². The summed E-state index contributed by atoms with van der Waals surface area (Å²) in [7, 11) is 1.62. The van der Waals surface area contributed by atoms with Gasteiger partial charge in [0, 0.05) is 5.56 Å². The van der Waals surface area contributed by atoms with Crippen LogP contribution in [0.4, 0.5) is 0 Å². The van der Waals surface area contributed by atoms with E-state index in [9.17, 15) is 5.11 Å². The molecule has 0 fully saturated rings. The van der Waals surface area contributed by atoms with E-state index in [0.717, 1.165) is 11.3 Å². The van der Waals surface area contributed by atoms with Crippen molar-refractivity contribution in [1.82, 2.24) is 0 Å². The van der Waals surface area contributed by atoms with Gasteiger partial charge in [-0.25, -0.2) is 0 Å². The molecule has 0 unspecified atom stereocenters. The lowest BCUT2D eigenvalue weighted by molar-refractivity contribution is 0.0505. The maximum atomic E-state index is 10.0. The molecule has 2 heteroatoms. The maximum Gasteiger partial charge on any atom is 0.124 e. The summed E-state index contributed by atoms with van der Waals surface area (Å²) in [6, 6.07) is 7.55. The van der Waals surface area contributed by atoms with Crippen LogP contribution in [0.3, 0.4) is 0 Å². The molecule has 0 radical (unpaired) electrons. The number of benzene rings is 1. The molecule has 0 aliphatic carbocycles. The van der Waals surface area contributed by atoms with Gasteiger partial charge in [0.1, 0.15) is 5.75 Å². The first kappa shape index (κ1) is 10.1. The number of ether oxygens (including phenoxy) is 1. The minimum atomic E-state index is -0.799. The summed E-state index contributed by atoms with van der Waals surface area (Å²) < 4.78 is 5.17. The highest BCUT2D eigenvalue weighted by Crippen LogP contribution is 2.31. The van der Waals surface area contributed by atoms with Crippen molar-refractivity contribution in [2.24, 2.45) is 0 Å². The third kappa shape index (κ3) is 2.01. The van der Waals surface area contributed by atoms with E-state index in [-0.39, 0.29) is 0 Å². The van der Waals surface area contributed by atoms with Crippen LogP contribution in [0.2, 0.25) is 0 Å². The highest BCUT2D eigenvalue weighted by molar-refractivity contribution is 5.37. The Labute approximate surface area is 79.2 Å². The largest absolute Gasteiger partial charge is 0.496 e. The normalized spacial score (nSPS) is 15.1. The van der Waals surface area contributed by atoms with Crippen LogP contribution in [-0.2, 0) is 5.60 Å². The van der Waals surface area contributed by atoms with Gasteiger partial charge in [-0.05, 0) is 19.4 Å². The molecule has 0 heterocycles. The SMILES string of the molecule is CC[C@](C)(O)c1ccccc1OC. The molecule has 2 nitrogen and oxygen atoms in total. The summed E-state index contributed by atoms with van der Waals surface area (Å²) in [5.41, 5.74) is 0.0482. The third-order valence-corrected chi connectivity index (χ3v) is 2.38. The molecule has 0 aliphatic heterocycles. The summed E-state index contributed by atoms with van der Waals surface area (Å²) in [5.74, 6) is 0.745. The Kier molecular flexibility index (Phi) is 2.94. The summed E-state index contributed by atoms with van der Waals surface area (Å²) >= 11 is 0. The number of methoxy groups -OCH3 is 1. The van der Waals surface area contributed by atoms with E-state index in [1.807, 2.05) is 31.2 Å². The highest BCUT2D eigenvalue weighted by Gasteiger charge is 2.23. The number of hydrogen-bond acceptors (Lipinski definition) is 2. The lowest BCUT2D eigenvalue weighted by atomic mass is 9.93. The maximum absolute atomic E-state index is 10.0. The van der Waals surface area contributed by atoms with E-state index in [1.165, 1.54) is 0 Å². The van der Waals surface area contributed by atoms with Crippen LogP contribution >= 0.6 is 0 Å². The van der Waals surface area contributed by atoms with Crippen molar-refractivity contribution in [3.8, 4) is 5.75 Å². The molecule has 0 amide bonds. The molecule has 1 atom stereocenters. The van der Waals surface area contributed by atoms with E-state index in [4.69, 9.17) is 4.74 Å². The second kappa shape index (κ2) is 3.79. The van der Waals surface area contributed by atoms with Crippen LogP contribution in [0, 0.1) is 0 Å². The Bertz CT molecular complexity index is 279. The Balaban J connectivity index is 3.12. The molecule has 13 heavy (non-hydrogen) atoms. The van der Waals surface area contributed by atoms with Gasteiger partial charge in [-0.15, -0.1) is 0 Å². The van der Waals surface area contributed by atoms with E-state index in [0.29, 0.717) is 6.42 Å². The van der Waals surface area contributed by atoms with E-state index < -0.39 is 5.60 Å². The van der Waals surface area contributed by atoms with E-state index >= 15 is 0 Å². The first-order chi connectivity index (χ1) is 6.11. The summed E-state index contributed by atoms with van der Waals surface area (Å²) in [5, 5.41) is 10.0. The van der Waals surface area contributed by atoms with Gasteiger partial charge in [-0.2, -0.15) is 0 Å². The van der Waals surface area contributed by atoms with E-state index in [1.54, 1.807) is 14.0 Å². The van der Waals surface area contributed by atoms with Gasteiger partial charge in [-0.3, -0.25) is 0 Å². The Morgan fingerprint density at radius 1 is 1.38 bits per heavy atom. The predicted molar refractivity (Wildman–Crippen MR) is 52.9 cm³/mol. The van der Waals surface area contributed by atoms with Crippen molar-refractivity contribution in [2.75, 3.05) is 7.11 Å². The molecular formula is C11H16O2. The summed E-state index contributed by atoms with van der Waals surface area (Å²) in [6.45, 7) is 3.75. The monoisotopic (exact) mass is 180 g/mol. The molecule has 1 aromatic rings. The predicted octanol–water partition coefficient (Wildman–Crippen LogP) is 2.31. The van der Waals surface area contributed by atoms with Gasteiger partial charge >= 0.3 is 0 Å². The first-order valence-corrected chi connectivity index (χ1v) is 4.47. The van der Waals surface area contributed by atoms with Crippen LogP contribution in [0.1, 0.15) is 25.8 Å². The molecular weight excluding hydrogens is 164 g/mol. The van der Waals surface area contributed by atoms with Gasteiger partial charge in [0.15, 0.2) is 0 Å². The molecule has 0 aliphatic rings. The van der Waals surface area contributed by atoms with Gasteiger partial charge in [0.2, 0.25) is 0 Å². The van der Waals surface area contributed by atoms with Crippen LogP contribution in [-0.4, -0.2) is 12.2 Å². The zero-order valence-electron chi connectivity index (χ0n) is 8.37. The fourth-order valence-electron chi connectivity index (χ4n) is 1.28. The number of para-hydroxylation sites is 1. The van der Waals surface area contributed by atoms with Gasteiger partial charge in [0.25, 0.3) is 0 Å². The van der Waals surface area contributed by atoms with Crippen LogP contribution in [0.5, 0.6) is 5.75 Å². The smallest absolute Gasteiger partial charge is 0.124 e. The molecule has 1 rings (SSSR count). The van der Waals surface area contributed by atoms with Crippen LogP contribution in [0.15, 0.2) is 24.3 Å². The zero-order valence-corrected chi connectivity index (χ0v) is 8.37. The zero-order chi connectivity index (χ0) is 9.90. The van der Waals surface area contributed by atoms with Crippen molar-refractivity contribution in [2.45, 2.75) is 25.9 Å². The minimum absolute atomic E-state index is 0.674. The minimum Gasteiger partial charge on any atom is -0.496 e. The van der Waals surface area contributed by atoms with Crippen molar-refractivity contribution in [1.29, 1.82) is 0 Å². The lowest BCUT2D eigenvalue weighted by Gasteiger charge is -2.23. The standard InChI is InChI=1S/C11H16O2/c1-4-11(2,12)9-7-5-6-8-10(9)13-3/h5-8,12H,4H2,1-3H3/t11-/m0/s1. The second-order valence-corrected chi connectivity index (χ2v) is 3.33. The molecule has 0 aromatic heterocycles. The average molecular weight is 180 g/mol. The molecule has 0 saturated carbocycles. The molecule has 0 bridgehead atoms. The summed E-state index contributed by atoms with van der Waals surface area (Å²) in [4.78, 5) is 0.